The van der Waals surface area contributed by atoms with E-state index in [4.69, 9.17) is 47.4 Å². The monoisotopic (exact) mass is 568 g/mol. The van der Waals surface area contributed by atoms with E-state index in [0.29, 0.717) is 119 Å². The van der Waals surface area contributed by atoms with Gasteiger partial charge in [-0.25, -0.2) is 0 Å². The van der Waals surface area contributed by atoms with Crippen molar-refractivity contribution in [2.75, 3.05) is 126 Å². The van der Waals surface area contributed by atoms with E-state index in [2.05, 4.69) is 13.8 Å². The highest BCUT2D eigenvalue weighted by atomic mass is 16.6. The van der Waals surface area contributed by atoms with Gasteiger partial charge in [-0.15, -0.1) is 0 Å². The van der Waals surface area contributed by atoms with E-state index in [9.17, 15) is 4.79 Å². The van der Waals surface area contributed by atoms with Crippen molar-refractivity contribution in [2.45, 2.75) is 52.4 Å². The van der Waals surface area contributed by atoms with E-state index >= 15 is 0 Å². The Bertz CT molecular complexity index is 469. The normalized spacial score (nSPS) is 11.3. The van der Waals surface area contributed by atoms with Crippen molar-refractivity contribution >= 4 is 5.97 Å². The number of carbonyl (C=O) groups excluding carboxylic acids is 1. The van der Waals surface area contributed by atoms with Crippen LogP contribution in [0.4, 0.5) is 0 Å². The third-order valence-corrected chi connectivity index (χ3v) is 5.09. The highest BCUT2D eigenvalue weighted by Gasteiger charge is 2.01. The van der Waals surface area contributed by atoms with Crippen LogP contribution in [0, 0.1) is 0 Å². The molecule has 11 nitrogen and oxygen atoms in total. The predicted molar refractivity (Wildman–Crippen MR) is 147 cm³/mol. The molecule has 0 atom stereocenters. The lowest BCUT2D eigenvalue weighted by Crippen LogP contribution is -2.15. The first-order valence-electron chi connectivity index (χ1n) is 14.7. The lowest BCUT2D eigenvalue weighted by molar-refractivity contribution is -0.145. The molecule has 39 heavy (non-hydrogen) atoms. The summed E-state index contributed by atoms with van der Waals surface area (Å²) in [7, 11) is 0. The van der Waals surface area contributed by atoms with Crippen LogP contribution in [0.2, 0.25) is 0 Å². The second-order valence-corrected chi connectivity index (χ2v) is 8.54. The largest absolute Gasteiger partial charge is 0.463 e. The van der Waals surface area contributed by atoms with Crippen LogP contribution < -0.4 is 0 Å². The Kier molecular flexibility index (Phi) is 34.3. The number of unbranched alkanes of at least 4 members (excludes halogenated alkanes) is 3. The molecule has 0 fully saturated rings. The second kappa shape index (κ2) is 35.1. The highest BCUT2D eigenvalue weighted by Crippen LogP contribution is 2.00. The Labute approximate surface area is 236 Å². The number of rotatable bonds is 34. The van der Waals surface area contributed by atoms with E-state index in [1.54, 1.807) is 0 Å². The zero-order valence-electron chi connectivity index (χ0n) is 24.7. The van der Waals surface area contributed by atoms with Gasteiger partial charge in [0, 0.05) is 13.0 Å². The molecule has 0 aromatic carbocycles. The molecule has 0 aliphatic heterocycles. The smallest absolute Gasteiger partial charge is 0.305 e. The summed E-state index contributed by atoms with van der Waals surface area (Å²) in [6.07, 6.45) is 5.75. The van der Waals surface area contributed by atoms with E-state index in [0.717, 1.165) is 38.7 Å². The zero-order valence-corrected chi connectivity index (χ0v) is 24.7. The molecule has 0 bridgehead atoms. The maximum Gasteiger partial charge on any atom is 0.305 e. The van der Waals surface area contributed by atoms with Crippen LogP contribution in [0.1, 0.15) is 52.4 Å². The molecule has 0 saturated carbocycles. The van der Waals surface area contributed by atoms with Gasteiger partial charge in [0.15, 0.2) is 0 Å². The molecule has 0 aromatic heterocycles. The number of ether oxygens (including phenoxy) is 10. The van der Waals surface area contributed by atoms with Gasteiger partial charge < -0.3 is 47.4 Å². The molecule has 0 spiro atoms. The summed E-state index contributed by atoms with van der Waals surface area (Å²) in [4.78, 5) is 11.4. The van der Waals surface area contributed by atoms with Gasteiger partial charge in [-0.1, -0.05) is 33.1 Å². The van der Waals surface area contributed by atoms with Crippen LogP contribution in [0.25, 0.3) is 0 Å². The molecule has 0 amide bonds. The van der Waals surface area contributed by atoms with Gasteiger partial charge in [-0.05, 0) is 12.8 Å². The molecule has 234 valence electrons. The van der Waals surface area contributed by atoms with Gasteiger partial charge in [-0.2, -0.15) is 0 Å². The quantitative estimate of drug-likeness (QED) is 0.0844. The fourth-order valence-electron chi connectivity index (χ4n) is 2.91. The molecule has 0 radical (unpaired) electrons. The predicted octanol–water partition coefficient (Wildman–Crippen LogP) is 3.06. The number of hydrogen-bond acceptors (Lipinski definition) is 11. The van der Waals surface area contributed by atoms with Crippen molar-refractivity contribution in [3.05, 3.63) is 0 Å². The lowest BCUT2D eigenvalue weighted by atomic mass is 10.2. The number of esters is 1. The van der Waals surface area contributed by atoms with Crippen molar-refractivity contribution in [2.24, 2.45) is 0 Å². The molecular formula is C28H56O11. The van der Waals surface area contributed by atoms with Crippen LogP contribution in [0.5, 0.6) is 0 Å². The van der Waals surface area contributed by atoms with Gasteiger partial charge in [-0.3, -0.25) is 4.79 Å². The summed E-state index contributed by atoms with van der Waals surface area (Å²) in [6, 6.07) is 0. The van der Waals surface area contributed by atoms with Crippen LogP contribution in [-0.2, 0) is 52.2 Å². The Hall–Kier alpha value is -0.890. The molecule has 0 rings (SSSR count). The van der Waals surface area contributed by atoms with Crippen LogP contribution >= 0.6 is 0 Å². The van der Waals surface area contributed by atoms with Gasteiger partial charge in [0.2, 0.25) is 0 Å². The molecule has 0 N–H and O–H groups in total. The van der Waals surface area contributed by atoms with Crippen LogP contribution in [-0.4, -0.2) is 132 Å². The van der Waals surface area contributed by atoms with Crippen LogP contribution in [0.15, 0.2) is 0 Å². The summed E-state index contributed by atoms with van der Waals surface area (Å²) >= 11 is 0. The third-order valence-electron chi connectivity index (χ3n) is 5.09. The van der Waals surface area contributed by atoms with E-state index in [1.807, 2.05) is 0 Å². The minimum Gasteiger partial charge on any atom is -0.463 e. The van der Waals surface area contributed by atoms with Crippen LogP contribution in [0.3, 0.4) is 0 Å². The third kappa shape index (κ3) is 35.1. The molecule has 0 aliphatic carbocycles. The number of hydrogen-bond donors (Lipinski definition) is 0. The summed E-state index contributed by atoms with van der Waals surface area (Å²) in [6.45, 7) is 14.2. The molecule has 0 aromatic rings. The maximum atomic E-state index is 11.4. The molecular weight excluding hydrogens is 512 g/mol. The number of carbonyl (C=O) groups is 1. The van der Waals surface area contributed by atoms with Gasteiger partial charge in [0.25, 0.3) is 0 Å². The molecule has 0 saturated heterocycles. The van der Waals surface area contributed by atoms with E-state index in [1.165, 1.54) is 0 Å². The average molecular weight is 569 g/mol. The fourth-order valence-corrected chi connectivity index (χ4v) is 2.91. The van der Waals surface area contributed by atoms with Gasteiger partial charge >= 0.3 is 5.97 Å². The first-order valence-corrected chi connectivity index (χ1v) is 14.7. The molecule has 0 heterocycles. The van der Waals surface area contributed by atoms with Crippen molar-refractivity contribution in [3.8, 4) is 0 Å². The standard InChI is InChI=1S/C28H56O11/c1-3-5-7-8-28(29)39-27-26-38-25-24-37-23-22-36-21-20-35-19-18-34-17-16-33-15-14-32-13-12-31-11-10-30-9-6-4-2/h3-27H2,1-2H3. The Morgan fingerprint density at radius 3 is 0.949 bits per heavy atom. The Morgan fingerprint density at radius 2 is 0.641 bits per heavy atom. The highest BCUT2D eigenvalue weighted by molar-refractivity contribution is 5.69. The first kappa shape index (κ1) is 38.1. The van der Waals surface area contributed by atoms with E-state index < -0.39 is 0 Å². The Morgan fingerprint density at radius 1 is 0.359 bits per heavy atom. The lowest BCUT2D eigenvalue weighted by Gasteiger charge is -2.09. The SMILES string of the molecule is CCCCCC(=O)OCCOCCOCCOCCOCCOCCOCCOCCOCCOCCCC. The average Bonchev–Trinajstić information content (AvgIpc) is 2.94. The van der Waals surface area contributed by atoms with Crippen molar-refractivity contribution in [3.63, 3.8) is 0 Å². The first-order chi connectivity index (χ1) is 19.3. The minimum atomic E-state index is -0.156. The Balaban J connectivity index is 3.06. The van der Waals surface area contributed by atoms with Gasteiger partial charge in [0.1, 0.15) is 6.61 Å². The molecule has 0 aliphatic rings. The maximum absolute atomic E-state index is 11.4. The topological polar surface area (TPSA) is 109 Å². The fraction of sp³-hybridized carbons (Fsp3) is 0.964. The van der Waals surface area contributed by atoms with Crippen molar-refractivity contribution < 1.29 is 52.2 Å². The second-order valence-electron chi connectivity index (χ2n) is 8.54. The summed E-state index contributed by atoms with van der Waals surface area (Å²) in [5.74, 6) is -0.156. The zero-order chi connectivity index (χ0) is 28.3. The van der Waals surface area contributed by atoms with Gasteiger partial charge in [0.05, 0.1) is 112 Å². The molecule has 11 heteroatoms. The minimum absolute atomic E-state index is 0.156. The van der Waals surface area contributed by atoms with Crippen molar-refractivity contribution in [1.29, 1.82) is 0 Å². The summed E-state index contributed by atoms with van der Waals surface area (Å²) in [5.41, 5.74) is 0. The van der Waals surface area contributed by atoms with E-state index in [-0.39, 0.29) is 12.6 Å². The summed E-state index contributed by atoms with van der Waals surface area (Å²) in [5, 5.41) is 0. The van der Waals surface area contributed by atoms with Crippen molar-refractivity contribution in [1.82, 2.24) is 0 Å². The summed E-state index contributed by atoms with van der Waals surface area (Å²) < 4.78 is 54.0. The molecule has 0 unspecified atom stereocenters.